The molecule has 6 rings (SSSR count). The summed E-state index contributed by atoms with van der Waals surface area (Å²) >= 11 is 5.67. The van der Waals surface area contributed by atoms with Gasteiger partial charge in [-0.1, -0.05) is 41.7 Å². The predicted octanol–water partition coefficient (Wildman–Crippen LogP) is 5.25. The van der Waals surface area contributed by atoms with Crippen molar-refractivity contribution in [2.75, 3.05) is 14.2 Å². The van der Waals surface area contributed by atoms with Gasteiger partial charge in [0.15, 0.2) is 16.3 Å². The van der Waals surface area contributed by atoms with Crippen molar-refractivity contribution in [2.24, 2.45) is 4.99 Å². The molecular formula is C29H22I2N2O4S. The van der Waals surface area contributed by atoms with Gasteiger partial charge in [0.25, 0.3) is 5.56 Å². The van der Waals surface area contributed by atoms with Crippen LogP contribution >= 0.6 is 56.5 Å². The number of halogens is 2. The largest absolute Gasteiger partial charge is 0.506 e. The predicted molar refractivity (Wildman–Crippen MR) is 166 cm³/mol. The molecule has 0 amide bonds. The number of allylic oxidation sites excluding steroid dienone is 1. The fourth-order valence-corrected chi connectivity index (χ4v) is 8.06. The quantitative estimate of drug-likeness (QED) is 0.290. The molecule has 0 bridgehead atoms. The molecule has 0 saturated carbocycles. The molecule has 6 nitrogen and oxygen atoms in total. The molecule has 0 unspecified atom stereocenters. The average molecular weight is 748 g/mol. The monoisotopic (exact) mass is 748 g/mol. The van der Waals surface area contributed by atoms with Crippen LogP contribution in [0.5, 0.6) is 17.2 Å². The van der Waals surface area contributed by atoms with E-state index in [4.69, 9.17) is 14.5 Å². The summed E-state index contributed by atoms with van der Waals surface area (Å²) in [5, 5.41) is 10.7. The fourth-order valence-electron chi connectivity index (χ4n) is 5.18. The molecule has 2 aliphatic rings. The van der Waals surface area contributed by atoms with E-state index in [2.05, 4.69) is 63.4 Å². The van der Waals surface area contributed by atoms with Gasteiger partial charge >= 0.3 is 0 Å². The van der Waals surface area contributed by atoms with E-state index in [9.17, 15) is 9.90 Å². The van der Waals surface area contributed by atoms with Gasteiger partial charge in [-0.05, 0) is 105 Å². The molecule has 0 saturated heterocycles. The molecule has 1 atom stereocenters. The van der Waals surface area contributed by atoms with Crippen molar-refractivity contribution < 1.29 is 14.6 Å². The Kier molecular flexibility index (Phi) is 6.85. The van der Waals surface area contributed by atoms with Crippen molar-refractivity contribution >= 4 is 68.3 Å². The number of phenols is 1. The number of methoxy groups -OCH3 is 2. The van der Waals surface area contributed by atoms with E-state index in [1.807, 2.05) is 36.4 Å². The molecule has 1 aliphatic heterocycles. The molecule has 9 heteroatoms. The van der Waals surface area contributed by atoms with E-state index in [0.29, 0.717) is 26.4 Å². The van der Waals surface area contributed by atoms with Crippen LogP contribution in [0.15, 0.2) is 70.0 Å². The maximum absolute atomic E-state index is 14.0. The highest BCUT2D eigenvalue weighted by Gasteiger charge is 2.33. The zero-order chi connectivity index (χ0) is 26.6. The number of rotatable bonds is 4. The Balaban J connectivity index is 1.63. The number of aromatic nitrogens is 1. The minimum absolute atomic E-state index is 0.132. The molecule has 0 radical (unpaired) electrons. The summed E-state index contributed by atoms with van der Waals surface area (Å²) in [6.45, 7) is 0. The van der Waals surface area contributed by atoms with E-state index >= 15 is 0 Å². The molecule has 1 aromatic heterocycles. The SMILES string of the molecule is COc1ccc([C@H]2C3=C(N=c4s/c(=C/c5cc(I)cc(I)c5O)c(=O)n42)c2ccccc2CC3)cc1OC. The van der Waals surface area contributed by atoms with Gasteiger partial charge in [-0.15, -0.1) is 0 Å². The van der Waals surface area contributed by atoms with Gasteiger partial charge in [-0.3, -0.25) is 9.36 Å². The number of hydrogen-bond donors (Lipinski definition) is 1. The van der Waals surface area contributed by atoms with Gasteiger partial charge in [0, 0.05) is 14.7 Å². The second kappa shape index (κ2) is 10.2. The molecule has 192 valence electrons. The first-order valence-electron chi connectivity index (χ1n) is 11.9. The van der Waals surface area contributed by atoms with E-state index in [1.165, 1.54) is 16.9 Å². The van der Waals surface area contributed by atoms with Crippen LogP contribution in [-0.2, 0) is 6.42 Å². The van der Waals surface area contributed by atoms with Crippen LogP contribution < -0.4 is 24.4 Å². The summed E-state index contributed by atoms with van der Waals surface area (Å²) < 4.78 is 15.1. The highest BCUT2D eigenvalue weighted by Crippen LogP contribution is 2.42. The Hall–Kier alpha value is -2.64. The fraction of sp³-hybridized carbons (Fsp3) is 0.172. The number of fused-ring (bicyclic) bond motifs is 3. The van der Waals surface area contributed by atoms with Crippen LogP contribution in [0.3, 0.4) is 0 Å². The van der Waals surface area contributed by atoms with Crippen LogP contribution in [0.25, 0.3) is 11.8 Å². The highest BCUT2D eigenvalue weighted by molar-refractivity contribution is 14.1. The molecule has 4 aromatic rings. The lowest BCUT2D eigenvalue weighted by molar-refractivity contribution is 0.354. The Labute approximate surface area is 250 Å². The van der Waals surface area contributed by atoms with E-state index < -0.39 is 0 Å². The van der Waals surface area contributed by atoms with Crippen molar-refractivity contribution in [3.05, 3.63) is 109 Å². The average Bonchev–Trinajstić information content (AvgIpc) is 3.24. The number of hydrogen-bond acceptors (Lipinski definition) is 6. The standard InChI is InChI=1S/C29H22I2N2O4S/c1-36-22-10-8-16(12-23(22)37-2)26-20-9-7-15-5-3-4-6-19(15)25(20)32-29-33(26)28(35)24(38-29)13-17-11-18(30)14-21(31)27(17)34/h3-6,8,10-14,26,34H,7,9H2,1-2H3/b24-13+/t26-/m0/s1. The Morgan fingerprint density at radius 3 is 2.63 bits per heavy atom. The van der Waals surface area contributed by atoms with Gasteiger partial charge in [0.1, 0.15) is 5.75 Å². The van der Waals surface area contributed by atoms with Crippen molar-refractivity contribution in [1.29, 1.82) is 0 Å². The molecule has 38 heavy (non-hydrogen) atoms. The normalized spacial score (nSPS) is 16.4. The second-order valence-electron chi connectivity index (χ2n) is 9.05. The second-order valence-corrected chi connectivity index (χ2v) is 12.5. The van der Waals surface area contributed by atoms with E-state index in [1.54, 1.807) is 24.9 Å². The summed E-state index contributed by atoms with van der Waals surface area (Å²) in [7, 11) is 3.23. The lowest BCUT2D eigenvalue weighted by atomic mass is 9.83. The van der Waals surface area contributed by atoms with Crippen molar-refractivity contribution in [2.45, 2.75) is 18.9 Å². The number of thiazole rings is 1. The Bertz CT molecular complexity index is 1820. The first-order chi connectivity index (χ1) is 18.4. The smallest absolute Gasteiger partial charge is 0.271 e. The third-order valence-corrected chi connectivity index (χ3v) is 9.37. The van der Waals surface area contributed by atoms with Gasteiger partial charge in [0.05, 0.1) is 34.1 Å². The first kappa shape index (κ1) is 25.6. The Morgan fingerprint density at radius 1 is 1.05 bits per heavy atom. The van der Waals surface area contributed by atoms with Crippen molar-refractivity contribution in [3.63, 3.8) is 0 Å². The van der Waals surface area contributed by atoms with E-state index in [-0.39, 0.29) is 17.4 Å². The topological polar surface area (TPSA) is 73.0 Å². The van der Waals surface area contributed by atoms with E-state index in [0.717, 1.165) is 42.4 Å². The minimum Gasteiger partial charge on any atom is -0.506 e. The zero-order valence-electron chi connectivity index (χ0n) is 20.5. The summed E-state index contributed by atoms with van der Waals surface area (Å²) in [4.78, 5) is 19.7. The highest BCUT2D eigenvalue weighted by atomic mass is 127. The number of aryl methyl sites for hydroxylation is 1. The molecule has 0 spiro atoms. The zero-order valence-corrected chi connectivity index (χ0v) is 25.6. The van der Waals surface area contributed by atoms with Gasteiger partial charge in [-0.25, -0.2) is 4.99 Å². The summed E-state index contributed by atoms with van der Waals surface area (Å²) in [6.07, 6.45) is 3.45. The van der Waals surface area contributed by atoms with Crippen LogP contribution in [-0.4, -0.2) is 23.9 Å². The lowest BCUT2D eigenvalue weighted by Gasteiger charge is -2.31. The minimum atomic E-state index is -0.332. The first-order valence-corrected chi connectivity index (χ1v) is 14.9. The molecule has 3 aromatic carbocycles. The van der Waals surface area contributed by atoms with Crippen LogP contribution in [0.4, 0.5) is 0 Å². The molecule has 1 aliphatic carbocycles. The maximum Gasteiger partial charge on any atom is 0.271 e. The third-order valence-electron chi connectivity index (χ3n) is 6.94. The summed E-state index contributed by atoms with van der Waals surface area (Å²) in [5.74, 6) is 1.41. The maximum atomic E-state index is 14.0. The number of aromatic hydroxyl groups is 1. The van der Waals surface area contributed by atoms with Crippen molar-refractivity contribution in [1.82, 2.24) is 4.57 Å². The van der Waals surface area contributed by atoms with Crippen LogP contribution in [0.2, 0.25) is 0 Å². The van der Waals surface area contributed by atoms with Gasteiger partial charge < -0.3 is 14.6 Å². The van der Waals surface area contributed by atoms with Gasteiger partial charge in [-0.2, -0.15) is 0 Å². The summed E-state index contributed by atoms with van der Waals surface area (Å²) in [5.41, 5.74) is 5.84. The van der Waals surface area contributed by atoms with Crippen LogP contribution in [0, 0.1) is 7.14 Å². The molecule has 0 fully saturated rings. The van der Waals surface area contributed by atoms with Gasteiger partial charge in [0.2, 0.25) is 0 Å². The number of nitrogens with zero attached hydrogens (tertiary/aromatic N) is 2. The molecule has 2 heterocycles. The van der Waals surface area contributed by atoms with Crippen molar-refractivity contribution in [3.8, 4) is 17.2 Å². The number of benzene rings is 3. The Morgan fingerprint density at radius 2 is 1.84 bits per heavy atom. The molecule has 1 N–H and O–H groups in total. The summed E-state index contributed by atoms with van der Waals surface area (Å²) in [6, 6.07) is 17.6. The number of ether oxygens (including phenoxy) is 2. The third kappa shape index (κ3) is 4.28. The number of phenolic OH excluding ortho intramolecular Hbond substituents is 1. The molecular weight excluding hydrogens is 726 g/mol. The lowest BCUT2D eigenvalue weighted by Crippen LogP contribution is -2.38. The van der Waals surface area contributed by atoms with Crippen LogP contribution in [0.1, 0.15) is 34.7 Å².